The minimum atomic E-state index is -5.03. The summed E-state index contributed by atoms with van der Waals surface area (Å²) in [4.78, 5) is 0. The minimum absolute atomic E-state index is 0.158. The summed E-state index contributed by atoms with van der Waals surface area (Å²) in [5, 5.41) is -0.158. The van der Waals surface area contributed by atoms with Crippen LogP contribution >= 0.6 is 11.6 Å². The molecule has 0 unspecified atom stereocenters. The van der Waals surface area contributed by atoms with E-state index in [1.807, 2.05) is 0 Å². The van der Waals surface area contributed by atoms with Crippen LogP contribution < -0.4 is 4.74 Å². The Morgan fingerprint density at radius 1 is 1.29 bits per heavy atom. The van der Waals surface area contributed by atoms with Crippen LogP contribution in [0.3, 0.4) is 0 Å². The van der Waals surface area contributed by atoms with Gasteiger partial charge in [0.15, 0.2) is 0 Å². The van der Waals surface area contributed by atoms with Gasteiger partial charge in [-0.2, -0.15) is 0 Å². The summed E-state index contributed by atoms with van der Waals surface area (Å²) in [6.45, 7) is -6.41. The Morgan fingerprint density at radius 3 is 2.43 bits per heavy atom. The normalized spacial score (nSPS) is 11.5. The van der Waals surface area contributed by atoms with Crippen LogP contribution in [0.1, 0.15) is 0 Å². The number of benzene rings is 1. The fraction of sp³-hybridized carbons (Fsp3) is 0.143. The first kappa shape index (κ1) is 11.2. The van der Waals surface area contributed by atoms with Gasteiger partial charge in [0.25, 0.3) is 0 Å². The van der Waals surface area contributed by atoms with E-state index in [9.17, 15) is 17.3 Å². The molecule has 0 fully saturated rings. The molecule has 0 spiro atoms. The van der Waals surface area contributed by atoms with Crippen LogP contribution in [0, 0.1) is 5.82 Å². The van der Waals surface area contributed by atoms with Gasteiger partial charge < -0.3 is 17.7 Å². The summed E-state index contributed by atoms with van der Waals surface area (Å²) < 4.78 is 52.2. The molecule has 0 N–H and O–H groups in total. The third kappa shape index (κ3) is 3.45. The average molecular weight is 227 g/mol. The Balaban J connectivity index is 2.65. The van der Waals surface area contributed by atoms with Gasteiger partial charge in [-0.3, -0.25) is 0 Å². The van der Waals surface area contributed by atoms with Crippen LogP contribution in [-0.4, -0.2) is 13.5 Å². The lowest BCUT2D eigenvalue weighted by molar-refractivity contribution is 0.312. The van der Waals surface area contributed by atoms with Crippen molar-refractivity contribution in [3.05, 3.63) is 29.0 Å². The molecule has 0 atom stereocenters. The molecule has 1 rings (SSSR count). The van der Waals surface area contributed by atoms with Crippen molar-refractivity contribution < 1.29 is 22.1 Å². The lowest BCUT2D eigenvalue weighted by Crippen LogP contribution is -2.26. The summed E-state index contributed by atoms with van der Waals surface area (Å²) in [6, 6.07) is 3.12. The molecule has 0 aromatic heterocycles. The zero-order valence-corrected chi connectivity index (χ0v) is 7.57. The van der Waals surface area contributed by atoms with Gasteiger partial charge in [0.2, 0.25) is 0 Å². The molecule has 0 aliphatic carbocycles. The summed E-state index contributed by atoms with van der Waals surface area (Å²) >= 11 is 5.32. The van der Waals surface area contributed by atoms with Crippen molar-refractivity contribution in [3.63, 3.8) is 0 Å². The highest BCUT2D eigenvalue weighted by Gasteiger charge is 2.24. The van der Waals surface area contributed by atoms with E-state index in [0.717, 1.165) is 12.1 Å². The van der Waals surface area contributed by atoms with Crippen LogP contribution in [0.25, 0.3) is 0 Å². The number of hydrogen-bond donors (Lipinski definition) is 0. The van der Waals surface area contributed by atoms with Crippen LogP contribution in [0.2, 0.25) is 5.02 Å². The molecular formula is C7H5BClF4O-. The predicted octanol–water partition coefficient (Wildman–Crippen LogP) is 3.24. The molecule has 0 radical (unpaired) electrons. The third-order valence-electron chi connectivity index (χ3n) is 1.33. The third-order valence-corrected chi connectivity index (χ3v) is 1.64. The van der Waals surface area contributed by atoms with Gasteiger partial charge in [0, 0.05) is 6.07 Å². The van der Waals surface area contributed by atoms with E-state index in [4.69, 9.17) is 11.6 Å². The van der Waals surface area contributed by atoms with Crippen molar-refractivity contribution in [2.24, 2.45) is 0 Å². The maximum Gasteiger partial charge on any atom is 0.515 e. The molecule has 0 saturated heterocycles. The van der Waals surface area contributed by atoms with Crippen LogP contribution in [0.5, 0.6) is 5.75 Å². The molecule has 0 aliphatic rings. The van der Waals surface area contributed by atoms with Crippen molar-refractivity contribution >= 4 is 18.6 Å². The molecular weight excluding hydrogens is 222 g/mol. The summed E-state index contributed by atoms with van der Waals surface area (Å²) in [5.41, 5.74) is 0. The maximum atomic E-state index is 12.7. The highest BCUT2D eigenvalue weighted by atomic mass is 35.5. The van der Waals surface area contributed by atoms with Crippen molar-refractivity contribution in [2.45, 2.75) is 0 Å². The molecule has 1 aromatic rings. The molecule has 0 aliphatic heterocycles. The molecule has 0 bridgehead atoms. The first-order chi connectivity index (χ1) is 6.38. The number of halogens is 5. The number of hydrogen-bond acceptors (Lipinski definition) is 1. The monoisotopic (exact) mass is 227 g/mol. The van der Waals surface area contributed by atoms with E-state index >= 15 is 0 Å². The number of ether oxygens (including phenoxy) is 1. The summed E-state index contributed by atoms with van der Waals surface area (Å²) in [6.07, 6.45) is 0. The van der Waals surface area contributed by atoms with Crippen molar-refractivity contribution in [1.82, 2.24) is 0 Å². The minimum Gasteiger partial charge on any atom is -0.522 e. The van der Waals surface area contributed by atoms with E-state index in [1.165, 1.54) is 6.07 Å². The lowest BCUT2D eigenvalue weighted by atomic mass is 9.95. The Bertz CT molecular complexity index is 328. The molecule has 0 heterocycles. The summed E-state index contributed by atoms with van der Waals surface area (Å²) in [5.74, 6) is -0.995. The van der Waals surface area contributed by atoms with Gasteiger partial charge in [-0.05, 0) is 12.1 Å². The molecule has 1 nitrogen and oxygen atoms in total. The van der Waals surface area contributed by atoms with Crippen molar-refractivity contribution in [1.29, 1.82) is 0 Å². The second-order valence-corrected chi connectivity index (χ2v) is 3.00. The highest BCUT2D eigenvalue weighted by molar-refractivity contribution is 6.58. The molecule has 0 amide bonds. The second-order valence-electron chi connectivity index (χ2n) is 2.60. The van der Waals surface area contributed by atoms with Crippen molar-refractivity contribution in [2.75, 3.05) is 6.51 Å². The van der Waals surface area contributed by atoms with Gasteiger partial charge >= 0.3 is 6.98 Å². The van der Waals surface area contributed by atoms with Gasteiger partial charge in [-0.25, -0.2) is 4.39 Å². The Hall–Kier alpha value is -0.905. The molecule has 7 heteroatoms. The Kier molecular flexibility index (Phi) is 3.26. The number of rotatable bonds is 3. The van der Waals surface area contributed by atoms with Gasteiger partial charge in [-0.1, -0.05) is 11.6 Å². The molecule has 14 heavy (non-hydrogen) atoms. The van der Waals surface area contributed by atoms with E-state index in [0.29, 0.717) is 0 Å². The Labute approximate surface area is 82.7 Å². The first-order valence-electron chi connectivity index (χ1n) is 3.67. The van der Waals surface area contributed by atoms with E-state index in [2.05, 4.69) is 4.74 Å². The summed E-state index contributed by atoms with van der Waals surface area (Å²) in [7, 11) is 0. The Morgan fingerprint density at radius 2 is 1.93 bits per heavy atom. The highest BCUT2D eigenvalue weighted by Crippen LogP contribution is 2.21. The maximum absolute atomic E-state index is 12.7. The fourth-order valence-corrected chi connectivity index (χ4v) is 0.875. The molecule has 1 aromatic carbocycles. The van der Waals surface area contributed by atoms with E-state index < -0.39 is 19.3 Å². The lowest BCUT2D eigenvalue weighted by Gasteiger charge is -2.14. The van der Waals surface area contributed by atoms with Gasteiger partial charge in [0.05, 0.1) is 11.5 Å². The zero-order valence-electron chi connectivity index (χ0n) is 6.81. The predicted molar refractivity (Wildman–Crippen MR) is 46.0 cm³/mol. The van der Waals surface area contributed by atoms with Crippen molar-refractivity contribution in [3.8, 4) is 5.75 Å². The average Bonchev–Trinajstić information content (AvgIpc) is 2.06. The van der Waals surface area contributed by atoms with Crippen LogP contribution in [-0.2, 0) is 0 Å². The quantitative estimate of drug-likeness (QED) is 0.569. The molecule has 78 valence electrons. The van der Waals surface area contributed by atoms with Gasteiger partial charge in [0.1, 0.15) is 11.6 Å². The smallest absolute Gasteiger partial charge is 0.515 e. The van der Waals surface area contributed by atoms with Gasteiger partial charge in [-0.15, -0.1) is 0 Å². The largest absolute Gasteiger partial charge is 0.522 e. The zero-order chi connectivity index (χ0) is 10.8. The first-order valence-corrected chi connectivity index (χ1v) is 4.05. The fourth-order valence-electron chi connectivity index (χ4n) is 0.757. The van der Waals surface area contributed by atoms with E-state index in [1.54, 1.807) is 0 Å². The second kappa shape index (κ2) is 4.08. The molecule has 0 saturated carbocycles. The topological polar surface area (TPSA) is 9.23 Å². The van der Waals surface area contributed by atoms with E-state index in [-0.39, 0.29) is 10.8 Å². The van der Waals surface area contributed by atoms with Crippen LogP contribution in [0.15, 0.2) is 18.2 Å². The standard InChI is InChI=1S/C7H5BClF4O/c9-6-2-1-5(3-7(6)10)14-4-8(11,12)13/h1-3H,4H2/q-1. The SMILES string of the molecule is Fc1cc(OC[B-](F)(F)F)ccc1Cl. The van der Waals surface area contributed by atoms with Crippen LogP contribution in [0.4, 0.5) is 17.3 Å².